The van der Waals surface area contributed by atoms with Crippen molar-refractivity contribution in [3.63, 3.8) is 0 Å². The standard InChI is InChI=1S/C15H15N3O5S/c1-9-13(8-17-23-9)14(19)12(7-16)15(20)18-10-3-5-11(6-4-10)24(2,21)22/h3-6,8,12,14,19H,1-2H3,(H,18,20). The highest BCUT2D eigenvalue weighted by Gasteiger charge is 2.30. The minimum Gasteiger partial charge on any atom is -0.386 e. The first kappa shape index (κ1) is 17.7. The molecule has 1 aromatic carbocycles. The number of amides is 1. The molecule has 126 valence electrons. The number of aliphatic hydroxyl groups is 1. The van der Waals surface area contributed by atoms with Crippen molar-refractivity contribution < 1.29 is 22.8 Å². The molecule has 9 heteroatoms. The normalized spacial score (nSPS) is 13.8. The number of carbonyl (C=O) groups is 1. The Morgan fingerprint density at radius 1 is 1.38 bits per heavy atom. The fourth-order valence-corrected chi connectivity index (χ4v) is 2.68. The predicted octanol–water partition coefficient (Wildman–Crippen LogP) is 1.20. The zero-order valence-electron chi connectivity index (χ0n) is 12.9. The van der Waals surface area contributed by atoms with Gasteiger partial charge in [0.25, 0.3) is 0 Å². The van der Waals surface area contributed by atoms with Crippen LogP contribution in [0.3, 0.4) is 0 Å². The number of aromatic nitrogens is 1. The van der Waals surface area contributed by atoms with E-state index in [9.17, 15) is 23.6 Å². The Balaban J connectivity index is 2.15. The summed E-state index contributed by atoms with van der Waals surface area (Å²) in [6.07, 6.45) is 0.930. The van der Waals surface area contributed by atoms with Crippen molar-refractivity contribution in [2.45, 2.75) is 17.9 Å². The third kappa shape index (κ3) is 3.79. The highest BCUT2D eigenvalue weighted by Crippen LogP contribution is 2.25. The smallest absolute Gasteiger partial charge is 0.244 e. The average Bonchev–Trinajstić information content (AvgIpc) is 2.93. The molecular weight excluding hydrogens is 334 g/mol. The van der Waals surface area contributed by atoms with Gasteiger partial charge < -0.3 is 14.9 Å². The van der Waals surface area contributed by atoms with E-state index in [1.54, 1.807) is 13.0 Å². The molecule has 1 aromatic heterocycles. The number of sulfone groups is 1. The topological polar surface area (TPSA) is 133 Å². The molecule has 2 aromatic rings. The minimum atomic E-state index is -3.34. The van der Waals surface area contributed by atoms with Gasteiger partial charge in [0.2, 0.25) is 5.91 Å². The van der Waals surface area contributed by atoms with Crippen molar-refractivity contribution in [1.82, 2.24) is 5.16 Å². The number of nitrogens with one attached hydrogen (secondary N) is 1. The zero-order chi connectivity index (χ0) is 17.9. The van der Waals surface area contributed by atoms with E-state index in [1.165, 1.54) is 30.5 Å². The van der Waals surface area contributed by atoms with E-state index in [1.807, 2.05) is 0 Å². The number of nitrogens with zero attached hydrogens (tertiary/aromatic N) is 2. The minimum absolute atomic E-state index is 0.109. The second-order valence-corrected chi connectivity index (χ2v) is 7.19. The summed E-state index contributed by atoms with van der Waals surface area (Å²) in [5.41, 5.74) is 0.561. The third-order valence-corrected chi connectivity index (χ3v) is 4.52. The molecule has 0 saturated carbocycles. The molecule has 1 heterocycles. The molecule has 2 atom stereocenters. The first-order valence-corrected chi connectivity index (χ1v) is 8.73. The number of aliphatic hydroxyl groups excluding tert-OH is 1. The van der Waals surface area contributed by atoms with Gasteiger partial charge in [0.05, 0.1) is 17.2 Å². The van der Waals surface area contributed by atoms with Gasteiger partial charge in [0.15, 0.2) is 15.8 Å². The van der Waals surface area contributed by atoms with E-state index >= 15 is 0 Å². The summed E-state index contributed by atoms with van der Waals surface area (Å²) in [6, 6.07) is 7.23. The maximum Gasteiger partial charge on any atom is 0.244 e. The Hall–Kier alpha value is -2.70. The summed E-state index contributed by atoms with van der Waals surface area (Å²) in [4.78, 5) is 12.3. The van der Waals surface area contributed by atoms with Crippen LogP contribution in [0.2, 0.25) is 0 Å². The van der Waals surface area contributed by atoms with Crippen LogP contribution in [0.25, 0.3) is 0 Å². The number of anilines is 1. The van der Waals surface area contributed by atoms with Crippen LogP contribution in [0, 0.1) is 24.2 Å². The Kier molecular flexibility index (Phi) is 5.02. The van der Waals surface area contributed by atoms with Gasteiger partial charge in [0.1, 0.15) is 11.9 Å². The van der Waals surface area contributed by atoms with Crippen molar-refractivity contribution in [3.8, 4) is 6.07 Å². The first-order valence-electron chi connectivity index (χ1n) is 6.84. The summed E-state index contributed by atoms with van der Waals surface area (Å²) in [5, 5.41) is 25.3. The van der Waals surface area contributed by atoms with Gasteiger partial charge in [-0.05, 0) is 31.2 Å². The van der Waals surface area contributed by atoms with E-state index < -0.39 is 27.8 Å². The molecule has 2 rings (SSSR count). The summed E-state index contributed by atoms with van der Waals surface area (Å²) in [7, 11) is -3.34. The van der Waals surface area contributed by atoms with Crippen LogP contribution in [-0.2, 0) is 14.6 Å². The van der Waals surface area contributed by atoms with Gasteiger partial charge in [-0.25, -0.2) is 8.42 Å². The number of benzene rings is 1. The maximum atomic E-state index is 12.2. The third-order valence-electron chi connectivity index (χ3n) is 3.39. The summed E-state index contributed by atoms with van der Waals surface area (Å²) < 4.78 is 27.6. The number of nitriles is 1. The highest BCUT2D eigenvalue weighted by molar-refractivity contribution is 7.90. The SMILES string of the molecule is Cc1oncc1C(O)C(C#N)C(=O)Nc1ccc(S(C)(=O)=O)cc1. The fraction of sp³-hybridized carbons (Fsp3) is 0.267. The first-order chi connectivity index (χ1) is 11.2. The summed E-state index contributed by atoms with van der Waals surface area (Å²) in [6.45, 7) is 1.56. The van der Waals surface area contributed by atoms with E-state index in [0.29, 0.717) is 11.4 Å². The molecular formula is C15H15N3O5S. The number of rotatable bonds is 5. The fourth-order valence-electron chi connectivity index (χ4n) is 2.05. The van der Waals surface area contributed by atoms with Gasteiger partial charge in [-0.3, -0.25) is 4.79 Å². The van der Waals surface area contributed by atoms with Crippen LogP contribution in [0.1, 0.15) is 17.4 Å². The molecule has 0 spiro atoms. The van der Waals surface area contributed by atoms with Crippen LogP contribution in [0.4, 0.5) is 5.69 Å². The van der Waals surface area contributed by atoms with E-state index in [0.717, 1.165) is 6.26 Å². The molecule has 0 bridgehead atoms. The molecule has 0 fully saturated rings. The van der Waals surface area contributed by atoms with Crippen LogP contribution < -0.4 is 5.32 Å². The Bertz CT molecular complexity index is 881. The van der Waals surface area contributed by atoms with Crippen LogP contribution in [0.15, 0.2) is 39.9 Å². The maximum absolute atomic E-state index is 12.2. The van der Waals surface area contributed by atoms with Crippen molar-refractivity contribution in [2.75, 3.05) is 11.6 Å². The largest absolute Gasteiger partial charge is 0.386 e. The lowest BCUT2D eigenvalue weighted by atomic mass is 9.97. The lowest BCUT2D eigenvalue weighted by molar-refractivity contribution is -0.121. The average molecular weight is 349 g/mol. The van der Waals surface area contributed by atoms with Gasteiger partial charge in [-0.1, -0.05) is 5.16 Å². The molecule has 24 heavy (non-hydrogen) atoms. The van der Waals surface area contributed by atoms with Gasteiger partial charge in [-0.15, -0.1) is 0 Å². The number of aryl methyl sites for hydroxylation is 1. The van der Waals surface area contributed by atoms with Gasteiger partial charge in [-0.2, -0.15) is 5.26 Å². The lowest BCUT2D eigenvalue weighted by Crippen LogP contribution is -2.27. The van der Waals surface area contributed by atoms with Crippen LogP contribution in [0.5, 0.6) is 0 Å². The van der Waals surface area contributed by atoms with Crippen molar-refractivity contribution >= 4 is 21.4 Å². The molecule has 1 amide bonds. The van der Waals surface area contributed by atoms with E-state index in [4.69, 9.17) is 4.52 Å². The monoisotopic (exact) mass is 349 g/mol. The zero-order valence-corrected chi connectivity index (χ0v) is 13.7. The van der Waals surface area contributed by atoms with E-state index in [2.05, 4.69) is 10.5 Å². The molecule has 2 N–H and O–H groups in total. The molecule has 0 radical (unpaired) electrons. The number of hydrogen-bond acceptors (Lipinski definition) is 7. The van der Waals surface area contributed by atoms with Gasteiger partial charge >= 0.3 is 0 Å². The Morgan fingerprint density at radius 3 is 2.46 bits per heavy atom. The molecule has 0 saturated heterocycles. The van der Waals surface area contributed by atoms with E-state index in [-0.39, 0.29) is 10.5 Å². The number of hydrogen-bond donors (Lipinski definition) is 2. The summed E-state index contributed by atoms with van der Waals surface area (Å²) >= 11 is 0. The molecule has 0 aliphatic rings. The molecule has 2 unspecified atom stereocenters. The summed E-state index contributed by atoms with van der Waals surface area (Å²) in [5.74, 6) is -1.79. The molecule has 0 aliphatic carbocycles. The van der Waals surface area contributed by atoms with Gasteiger partial charge in [0, 0.05) is 17.5 Å². The van der Waals surface area contributed by atoms with Crippen molar-refractivity contribution in [3.05, 3.63) is 41.8 Å². The van der Waals surface area contributed by atoms with Crippen LogP contribution >= 0.6 is 0 Å². The van der Waals surface area contributed by atoms with Crippen molar-refractivity contribution in [1.29, 1.82) is 5.26 Å². The molecule has 0 aliphatic heterocycles. The second-order valence-electron chi connectivity index (χ2n) is 5.17. The predicted molar refractivity (Wildman–Crippen MR) is 83.5 cm³/mol. The Morgan fingerprint density at radius 2 is 2.00 bits per heavy atom. The lowest BCUT2D eigenvalue weighted by Gasteiger charge is -2.15. The molecule has 8 nitrogen and oxygen atoms in total. The quantitative estimate of drug-likeness (QED) is 0.828. The Labute approximate surface area is 138 Å². The highest BCUT2D eigenvalue weighted by atomic mass is 32.2. The second kappa shape index (κ2) is 6.82. The van der Waals surface area contributed by atoms with Crippen LogP contribution in [-0.4, -0.2) is 30.8 Å². The number of carbonyl (C=O) groups excluding carboxylic acids is 1. The van der Waals surface area contributed by atoms with Crippen molar-refractivity contribution in [2.24, 2.45) is 5.92 Å².